The first-order valence-electron chi connectivity index (χ1n) is 6.56. The minimum atomic E-state index is -0.412. The summed E-state index contributed by atoms with van der Waals surface area (Å²) < 4.78 is 18.1. The quantitative estimate of drug-likeness (QED) is 0.831. The Kier molecular flexibility index (Phi) is 4.77. The summed E-state index contributed by atoms with van der Waals surface area (Å²) in [6, 6.07) is 11.4. The lowest BCUT2D eigenvalue weighted by molar-refractivity contribution is -0.116. The van der Waals surface area contributed by atoms with Crippen LogP contribution >= 0.6 is 0 Å². The van der Waals surface area contributed by atoms with Crippen LogP contribution in [0.1, 0.15) is 12.0 Å². The van der Waals surface area contributed by atoms with Crippen LogP contribution in [-0.2, 0) is 11.2 Å². The number of nitrogens with one attached hydrogen (secondary N) is 1. The molecule has 5 heteroatoms. The third-order valence-electron chi connectivity index (χ3n) is 3.03. The topological polar surface area (TPSA) is 64.3 Å². The molecule has 0 saturated carbocycles. The van der Waals surface area contributed by atoms with E-state index >= 15 is 0 Å². The van der Waals surface area contributed by atoms with Crippen molar-refractivity contribution in [2.75, 3.05) is 18.2 Å². The van der Waals surface area contributed by atoms with E-state index in [-0.39, 0.29) is 5.91 Å². The van der Waals surface area contributed by atoms with Gasteiger partial charge in [0.2, 0.25) is 5.91 Å². The lowest BCUT2D eigenvalue weighted by Crippen LogP contribution is -2.13. The minimum absolute atomic E-state index is 0.165. The smallest absolute Gasteiger partial charge is 0.224 e. The van der Waals surface area contributed by atoms with E-state index in [9.17, 15) is 9.18 Å². The van der Waals surface area contributed by atoms with Gasteiger partial charge in [0.25, 0.3) is 0 Å². The fourth-order valence-electron chi connectivity index (χ4n) is 1.99. The van der Waals surface area contributed by atoms with Gasteiger partial charge in [-0.05, 0) is 36.2 Å². The first-order chi connectivity index (χ1) is 10.1. The first kappa shape index (κ1) is 14.8. The van der Waals surface area contributed by atoms with Crippen molar-refractivity contribution in [2.45, 2.75) is 12.8 Å². The molecule has 4 nitrogen and oxygen atoms in total. The fraction of sp³-hybridized carbons (Fsp3) is 0.188. The van der Waals surface area contributed by atoms with Gasteiger partial charge in [0, 0.05) is 18.2 Å². The number of amides is 1. The molecule has 0 atom stereocenters. The third kappa shape index (κ3) is 4.21. The van der Waals surface area contributed by atoms with Crippen molar-refractivity contribution < 1.29 is 13.9 Å². The van der Waals surface area contributed by atoms with E-state index in [2.05, 4.69) is 5.32 Å². The number of nitrogens with two attached hydrogens (primary N) is 1. The molecule has 0 aliphatic rings. The standard InChI is InChI=1S/C16H17FN2O2/c1-21-15-10-12(17)6-7-14(15)19-16(20)8-5-11-3-2-4-13(18)9-11/h2-4,6-7,9-10H,5,8,18H2,1H3,(H,19,20). The van der Waals surface area contributed by atoms with E-state index in [0.717, 1.165) is 5.56 Å². The molecule has 0 heterocycles. The highest BCUT2D eigenvalue weighted by molar-refractivity contribution is 5.92. The Balaban J connectivity index is 1.96. The fourth-order valence-corrected chi connectivity index (χ4v) is 1.99. The minimum Gasteiger partial charge on any atom is -0.494 e. The lowest BCUT2D eigenvalue weighted by atomic mass is 10.1. The Hall–Kier alpha value is -2.56. The number of ether oxygens (including phenoxy) is 1. The predicted molar refractivity (Wildman–Crippen MR) is 80.8 cm³/mol. The molecule has 3 N–H and O–H groups in total. The van der Waals surface area contributed by atoms with Crippen LogP contribution in [0.25, 0.3) is 0 Å². The molecule has 2 rings (SSSR count). The van der Waals surface area contributed by atoms with Gasteiger partial charge < -0.3 is 15.8 Å². The lowest BCUT2D eigenvalue weighted by Gasteiger charge is -2.10. The number of hydrogen-bond acceptors (Lipinski definition) is 3. The zero-order valence-electron chi connectivity index (χ0n) is 11.7. The molecule has 1 amide bonds. The number of aryl methyl sites for hydroxylation is 1. The molecule has 21 heavy (non-hydrogen) atoms. The molecule has 0 radical (unpaired) electrons. The van der Waals surface area contributed by atoms with E-state index < -0.39 is 5.82 Å². The van der Waals surface area contributed by atoms with E-state index in [1.54, 1.807) is 6.07 Å². The zero-order valence-corrected chi connectivity index (χ0v) is 11.7. The summed E-state index contributed by atoms with van der Waals surface area (Å²) in [5.74, 6) is -0.278. The molecule has 2 aromatic carbocycles. The van der Waals surface area contributed by atoms with E-state index in [0.29, 0.717) is 30.0 Å². The van der Waals surface area contributed by atoms with Crippen molar-refractivity contribution >= 4 is 17.3 Å². The van der Waals surface area contributed by atoms with Crippen molar-refractivity contribution in [3.8, 4) is 5.75 Å². The number of benzene rings is 2. The van der Waals surface area contributed by atoms with Crippen LogP contribution in [0.15, 0.2) is 42.5 Å². The SMILES string of the molecule is COc1cc(F)ccc1NC(=O)CCc1cccc(N)c1. The average Bonchev–Trinajstić information content (AvgIpc) is 2.47. The molecular formula is C16H17FN2O2. The average molecular weight is 288 g/mol. The molecule has 110 valence electrons. The van der Waals surface area contributed by atoms with Crippen LogP contribution in [-0.4, -0.2) is 13.0 Å². The first-order valence-corrected chi connectivity index (χ1v) is 6.56. The summed E-state index contributed by atoms with van der Waals surface area (Å²) >= 11 is 0. The maximum Gasteiger partial charge on any atom is 0.224 e. The van der Waals surface area contributed by atoms with E-state index in [1.165, 1.54) is 25.3 Å². The second-order valence-electron chi connectivity index (χ2n) is 4.64. The van der Waals surface area contributed by atoms with Gasteiger partial charge >= 0.3 is 0 Å². The van der Waals surface area contributed by atoms with Crippen molar-refractivity contribution in [1.82, 2.24) is 0 Å². The predicted octanol–water partition coefficient (Wildman–Crippen LogP) is 2.99. The van der Waals surface area contributed by atoms with Gasteiger partial charge in [-0.3, -0.25) is 4.79 Å². The Morgan fingerprint density at radius 1 is 1.29 bits per heavy atom. The third-order valence-corrected chi connectivity index (χ3v) is 3.03. The number of carbonyl (C=O) groups excluding carboxylic acids is 1. The van der Waals surface area contributed by atoms with Crippen molar-refractivity contribution in [2.24, 2.45) is 0 Å². The van der Waals surface area contributed by atoms with Crippen LogP contribution < -0.4 is 15.8 Å². The van der Waals surface area contributed by atoms with Gasteiger partial charge in [-0.15, -0.1) is 0 Å². The van der Waals surface area contributed by atoms with Crippen LogP contribution in [0.4, 0.5) is 15.8 Å². The molecule has 0 aliphatic heterocycles. The molecule has 0 bridgehead atoms. The van der Waals surface area contributed by atoms with Gasteiger partial charge in [-0.2, -0.15) is 0 Å². The number of hydrogen-bond donors (Lipinski definition) is 2. The van der Waals surface area contributed by atoms with Crippen molar-refractivity contribution in [3.05, 3.63) is 53.8 Å². The number of nitrogen functional groups attached to an aromatic ring is 1. The molecule has 0 aliphatic carbocycles. The maximum absolute atomic E-state index is 13.1. The van der Waals surface area contributed by atoms with Crippen molar-refractivity contribution in [1.29, 1.82) is 0 Å². The van der Waals surface area contributed by atoms with Gasteiger partial charge in [0.05, 0.1) is 12.8 Å². The molecule has 0 fully saturated rings. The Labute approximate surface area is 122 Å². The van der Waals surface area contributed by atoms with E-state index in [1.807, 2.05) is 18.2 Å². The number of anilines is 2. The Bertz CT molecular complexity index is 644. The molecule has 0 aromatic heterocycles. The number of methoxy groups -OCH3 is 1. The summed E-state index contributed by atoms with van der Waals surface area (Å²) in [7, 11) is 1.43. The molecular weight excluding hydrogens is 271 g/mol. The van der Waals surface area contributed by atoms with Gasteiger partial charge in [-0.25, -0.2) is 4.39 Å². The summed E-state index contributed by atoms with van der Waals surface area (Å²) in [6.45, 7) is 0. The summed E-state index contributed by atoms with van der Waals surface area (Å²) in [5, 5.41) is 2.71. The zero-order chi connectivity index (χ0) is 15.2. The van der Waals surface area contributed by atoms with Gasteiger partial charge in [0.1, 0.15) is 11.6 Å². The highest BCUT2D eigenvalue weighted by Crippen LogP contribution is 2.25. The molecule has 0 unspecified atom stereocenters. The maximum atomic E-state index is 13.1. The highest BCUT2D eigenvalue weighted by atomic mass is 19.1. The monoisotopic (exact) mass is 288 g/mol. The second kappa shape index (κ2) is 6.74. The van der Waals surface area contributed by atoms with Gasteiger partial charge in [0.15, 0.2) is 0 Å². The summed E-state index contributed by atoms with van der Waals surface area (Å²) in [5.41, 5.74) is 7.81. The number of rotatable bonds is 5. The molecule has 2 aromatic rings. The number of halogens is 1. The van der Waals surface area contributed by atoms with Crippen LogP contribution in [0.3, 0.4) is 0 Å². The van der Waals surface area contributed by atoms with Crippen molar-refractivity contribution in [3.63, 3.8) is 0 Å². The van der Waals surface area contributed by atoms with Crippen LogP contribution in [0.5, 0.6) is 5.75 Å². The number of carbonyl (C=O) groups is 1. The second-order valence-corrected chi connectivity index (χ2v) is 4.64. The normalized spacial score (nSPS) is 10.2. The summed E-state index contributed by atoms with van der Waals surface area (Å²) in [4.78, 5) is 11.9. The van der Waals surface area contributed by atoms with Gasteiger partial charge in [-0.1, -0.05) is 12.1 Å². The largest absolute Gasteiger partial charge is 0.494 e. The Morgan fingerprint density at radius 2 is 2.10 bits per heavy atom. The Morgan fingerprint density at radius 3 is 2.81 bits per heavy atom. The van der Waals surface area contributed by atoms with Crippen LogP contribution in [0.2, 0.25) is 0 Å². The highest BCUT2D eigenvalue weighted by Gasteiger charge is 2.09. The molecule has 0 saturated heterocycles. The van der Waals surface area contributed by atoms with E-state index in [4.69, 9.17) is 10.5 Å². The summed E-state index contributed by atoms with van der Waals surface area (Å²) in [6.07, 6.45) is 0.893. The molecule has 0 spiro atoms. The van der Waals surface area contributed by atoms with Crippen LogP contribution in [0, 0.1) is 5.82 Å².